The number of ether oxygens (including phenoxy) is 1. The number of methoxy groups -OCH3 is 1. The maximum Gasteiger partial charge on any atom is 0.251 e. The predicted octanol–water partition coefficient (Wildman–Crippen LogP) is 0.0658. The molecule has 0 aliphatic heterocycles. The van der Waals surface area contributed by atoms with Gasteiger partial charge in [-0.15, -0.1) is 0 Å². The fourth-order valence-corrected chi connectivity index (χ4v) is 1.01. The van der Waals surface area contributed by atoms with Crippen LogP contribution in [0.1, 0.15) is 0 Å². The quantitative estimate of drug-likeness (QED) is 0.642. The summed E-state index contributed by atoms with van der Waals surface area (Å²) in [4.78, 5) is 7.29. The fraction of sp³-hybridized carbons (Fsp3) is 0.200. The van der Waals surface area contributed by atoms with E-state index < -0.39 is 11.1 Å². The van der Waals surface area contributed by atoms with Crippen LogP contribution in [0.25, 0.3) is 0 Å². The van der Waals surface area contributed by atoms with Gasteiger partial charge in [-0.2, -0.15) is 0 Å². The Labute approximate surface area is 65.7 Å². The fourth-order valence-electron chi connectivity index (χ4n) is 0.572. The lowest BCUT2D eigenvalue weighted by Gasteiger charge is -1.99. The normalized spacial score (nSPS) is 12.5. The highest BCUT2D eigenvalue weighted by Gasteiger charge is 2.09. The summed E-state index contributed by atoms with van der Waals surface area (Å²) < 4.78 is 23.8. The number of rotatable bonds is 2. The average Bonchev–Trinajstić information content (AvgIpc) is 2.04. The largest absolute Gasteiger partial charge is 0.479 e. The molecular weight excluding hydrogens is 168 g/mol. The maximum atomic E-state index is 10.5. The van der Waals surface area contributed by atoms with Gasteiger partial charge in [-0.1, -0.05) is 0 Å². The molecule has 1 atom stereocenters. The van der Waals surface area contributed by atoms with Crippen molar-refractivity contribution >= 4 is 11.1 Å². The molecule has 0 amide bonds. The Balaban J connectivity index is 3.12. The summed E-state index contributed by atoms with van der Waals surface area (Å²) in [6, 6.07) is 0. The van der Waals surface area contributed by atoms with Gasteiger partial charge in [-0.25, -0.2) is 14.2 Å². The third-order valence-corrected chi connectivity index (χ3v) is 1.60. The van der Waals surface area contributed by atoms with E-state index in [2.05, 4.69) is 14.7 Å². The van der Waals surface area contributed by atoms with E-state index >= 15 is 0 Å². The molecule has 60 valence electrons. The summed E-state index contributed by atoms with van der Waals surface area (Å²) in [6.45, 7) is 0. The Morgan fingerprint density at radius 2 is 2.18 bits per heavy atom. The van der Waals surface area contributed by atoms with Gasteiger partial charge in [0.2, 0.25) is 16.1 Å². The van der Waals surface area contributed by atoms with Gasteiger partial charge in [0.05, 0.1) is 7.11 Å². The number of hydrogen-bond donors (Lipinski definition) is 1. The van der Waals surface area contributed by atoms with Crippen LogP contribution >= 0.6 is 0 Å². The van der Waals surface area contributed by atoms with Gasteiger partial charge in [0.15, 0.2) is 0 Å². The van der Waals surface area contributed by atoms with Crippen molar-refractivity contribution in [2.75, 3.05) is 7.11 Å². The minimum absolute atomic E-state index is 0.0602. The molecule has 0 aliphatic rings. The molecule has 1 unspecified atom stereocenters. The van der Waals surface area contributed by atoms with Crippen molar-refractivity contribution in [3.8, 4) is 5.88 Å². The van der Waals surface area contributed by atoms with Crippen LogP contribution in [0.15, 0.2) is 17.4 Å². The summed E-state index contributed by atoms with van der Waals surface area (Å²) in [5, 5.41) is -0.0602. The molecule has 11 heavy (non-hydrogen) atoms. The highest BCUT2D eigenvalue weighted by molar-refractivity contribution is 7.79. The number of nitrogens with zero attached hydrogens (tertiary/aromatic N) is 2. The van der Waals surface area contributed by atoms with Crippen LogP contribution in [0.2, 0.25) is 0 Å². The second-order valence-electron chi connectivity index (χ2n) is 1.62. The lowest BCUT2D eigenvalue weighted by atomic mass is 10.7. The molecule has 5 nitrogen and oxygen atoms in total. The van der Waals surface area contributed by atoms with Crippen molar-refractivity contribution in [2.24, 2.45) is 0 Å². The average molecular weight is 174 g/mol. The molecule has 1 rings (SSSR count). The molecular formula is C5H6N2O3S. The van der Waals surface area contributed by atoms with E-state index in [-0.39, 0.29) is 10.9 Å². The Kier molecular flexibility index (Phi) is 2.50. The van der Waals surface area contributed by atoms with Crippen LogP contribution in [0.3, 0.4) is 0 Å². The highest BCUT2D eigenvalue weighted by atomic mass is 32.2. The van der Waals surface area contributed by atoms with Crippen LogP contribution in [0.5, 0.6) is 5.88 Å². The van der Waals surface area contributed by atoms with E-state index in [1.165, 1.54) is 19.5 Å². The minimum atomic E-state index is -2.14. The van der Waals surface area contributed by atoms with Crippen LogP contribution in [-0.2, 0) is 11.1 Å². The van der Waals surface area contributed by atoms with Crippen molar-refractivity contribution < 1.29 is 13.5 Å². The second-order valence-corrected chi connectivity index (χ2v) is 2.50. The topological polar surface area (TPSA) is 72.3 Å². The summed E-state index contributed by atoms with van der Waals surface area (Å²) in [5.41, 5.74) is 0. The van der Waals surface area contributed by atoms with Gasteiger partial charge in [-0.3, -0.25) is 0 Å². The van der Waals surface area contributed by atoms with Crippen LogP contribution in [0, 0.1) is 0 Å². The number of hydrogen-bond acceptors (Lipinski definition) is 4. The molecule has 0 saturated carbocycles. The lowest BCUT2D eigenvalue weighted by molar-refractivity contribution is 0.379. The highest BCUT2D eigenvalue weighted by Crippen LogP contribution is 2.12. The Morgan fingerprint density at radius 3 is 2.64 bits per heavy atom. The Morgan fingerprint density at radius 1 is 1.55 bits per heavy atom. The summed E-state index contributed by atoms with van der Waals surface area (Å²) in [6.07, 6.45) is 2.71. The minimum Gasteiger partial charge on any atom is -0.479 e. The Hall–Kier alpha value is -1.01. The van der Waals surface area contributed by atoms with Gasteiger partial charge in [0.1, 0.15) is 0 Å². The van der Waals surface area contributed by atoms with Crippen molar-refractivity contribution in [3.05, 3.63) is 12.4 Å². The van der Waals surface area contributed by atoms with E-state index in [9.17, 15) is 4.21 Å². The van der Waals surface area contributed by atoms with E-state index in [0.717, 1.165) is 0 Å². The van der Waals surface area contributed by atoms with Crippen molar-refractivity contribution in [1.82, 2.24) is 9.97 Å². The van der Waals surface area contributed by atoms with E-state index in [1.54, 1.807) is 0 Å². The predicted molar refractivity (Wildman–Crippen MR) is 37.6 cm³/mol. The zero-order chi connectivity index (χ0) is 8.27. The lowest BCUT2D eigenvalue weighted by Crippen LogP contribution is -1.99. The first-order valence-corrected chi connectivity index (χ1v) is 3.82. The van der Waals surface area contributed by atoms with Crippen molar-refractivity contribution in [1.29, 1.82) is 0 Å². The molecule has 1 aromatic heterocycles. The smallest absolute Gasteiger partial charge is 0.251 e. The van der Waals surface area contributed by atoms with Gasteiger partial charge in [0.25, 0.3) is 5.88 Å². The molecule has 6 heteroatoms. The van der Waals surface area contributed by atoms with Crippen LogP contribution < -0.4 is 4.74 Å². The van der Waals surface area contributed by atoms with Crippen molar-refractivity contribution in [3.63, 3.8) is 0 Å². The summed E-state index contributed by atoms with van der Waals surface area (Å²) in [5.74, 6) is 0.0772. The first-order chi connectivity index (χ1) is 5.25. The molecule has 1 N–H and O–H groups in total. The first kappa shape index (κ1) is 8.09. The zero-order valence-electron chi connectivity index (χ0n) is 5.72. The molecule has 1 heterocycles. The molecule has 0 aliphatic carbocycles. The van der Waals surface area contributed by atoms with Gasteiger partial charge < -0.3 is 9.29 Å². The molecule has 0 bridgehead atoms. The molecule has 0 spiro atoms. The van der Waals surface area contributed by atoms with Crippen LogP contribution in [0.4, 0.5) is 0 Å². The maximum absolute atomic E-state index is 10.5. The van der Waals surface area contributed by atoms with Crippen molar-refractivity contribution in [2.45, 2.75) is 5.03 Å². The molecule has 0 saturated heterocycles. The van der Waals surface area contributed by atoms with Crippen LogP contribution in [-0.4, -0.2) is 25.8 Å². The van der Waals surface area contributed by atoms with E-state index in [4.69, 9.17) is 4.55 Å². The summed E-state index contributed by atoms with van der Waals surface area (Å²) >= 11 is -2.14. The molecule has 0 aromatic carbocycles. The monoisotopic (exact) mass is 174 g/mol. The SMILES string of the molecule is COc1nccnc1S(=O)O. The van der Waals surface area contributed by atoms with E-state index in [1.807, 2.05) is 0 Å². The number of aromatic nitrogens is 2. The third kappa shape index (κ3) is 1.72. The molecule has 0 radical (unpaired) electrons. The molecule has 1 aromatic rings. The van der Waals surface area contributed by atoms with Gasteiger partial charge >= 0.3 is 0 Å². The van der Waals surface area contributed by atoms with Gasteiger partial charge in [0, 0.05) is 12.4 Å². The second kappa shape index (κ2) is 3.40. The van der Waals surface area contributed by atoms with E-state index in [0.29, 0.717) is 0 Å². The summed E-state index contributed by atoms with van der Waals surface area (Å²) in [7, 11) is 1.36. The Bertz CT molecular complexity index is 278. The standard InChI is InChI=1S/C5H6N2O3S/c1-10-4-5(11(8)9)7-3-2-6-4/h2-3H,1H3,(H,8,9). The first-order valence-electron chi connectivity index (χ1n) is 2.71. The van der Waals surface area contributed by atoms with Gasteiger partial charge in [-0.05, 0) is 0 Å². The third-order valence-electron chi connectivity index (χ3n) is 0.992. The zero-order valence-corrected chi connectivity index (χ0v) is 6.54. The molecule has 0 fully saturated rings.